The first-order valence-electron chi connectivity index (χ1n) is 6.45. The van der Waals surface area contributed by atoms with E-state index in [1.54, 1.807) is 0 Å². The fourth-order valence-corrected chi connectivity index (χ4v) is 2.76. The first kappa shape index (κ1) is 12.2. The van der Waals surface area contributed by atoms with Gasteiger partial charge in [0.25, 0.3) is 0 Å². The smallest absolute Gasteiger partial charge is 0.0431 e. The summed E-state index contributed by atoms with van der Waals surface area (Å²) >= 11 is 0. The molecule has 0 radical (unpaired) electrons. The summed E-state index contributed by atoms with van der Waals surface area (Å²) in [7, 11) is 0. The molecular formula is C14H22N2O. The van der Waals surface area contributed by atoms with Crippen molar-refractivity contribution in [1.82, 2.24) is 0 Å². The first-order chi connectivity index (χ1) is 8.20. The van der Waals surface area contributed by atoms with E-state index < -0.39 is 0 Å². The van der Waals surface area contributed by atoms with Crippen LogP contribution >= 0.6 is 0 Å². The molecule has 3 nitrogen and oxygen atoms in total. The van der Waals surface area contributed by atoms with E-state index in [1.165, 1.54) is 24.1 Å². The average molecular weight is 234 g/mol. The monoisotopic (exact) mass is 234 g/mol. The van der Waals surface area contributed by atoms with Crippen LogP contribution in [0.3, 0.4) is 0 Å². The third-order valence-corrected chi connectivity index (χ3v) is 3.49. The Labute approximate surface area is 103 Å². The average Bonchev–Trinajstić information content (AvgIpc) is 2.73. The van der Waals surface area contributed by atoms with Crippen molar-refractivity contribution in [2.24, 2.45) is 0 Å². The highest BCUT2D eigenvalue weighted by Crippen LogP contribution is 2.30. The number of hydrogen-bond acceptors (Lipinski definition) is 3. The second kappa shape index (κ2) is 5.41. The summed E-state index contributed by atoms with van der Waals surface area (Å²) in [5.74, 6) is 0. The van der Waals surface area contributed by atoms with E-state index in [-0.39, 0.29) is 0 Å². The Hall–Kier alpha value is -1.22. The molecule has 0 aromatic heterocycles. The van der Waals surface area contributed by atoms with Gasteiger partial charge in [0.2, 0.25) is 0 Å². The van der Waals surface area contributed by atoms with E-state index >= 15 is 0 Å². The lowest BCUT2D eigenvalue weighted by Crippen LogP contribution is -2.29. The summed E-state index contributed by atoms with van der Waals surface area (Å²) in [5, 5.41) is 8.93. The van der Waals surface area contributed by atoms with Gasteiger partial charge in [0.1, 0.15) is 0 Å². The number of nitrogen functional groups attached to an aromatic ring is 1. The maximum atomic E-state index is 8.93. The van der Waals surface area contributed by atoms with Crippen molar-refractivity contribution in [3.63, 3.8) is 0 Å². The van der Waals surface area contributed by atoms with Crippen molar-refractivity contribution < 1.29 is 5.11 Å². The van der Waals surface area contributed by atoms with Crippen molar-refractivity contribution in [3.05, 3.63) is 23.8 Å². The van der Waals surface area contributed by atoms with Crippen molar-refractivity contribution in [2.45, 2.75) is 38.6 Å². The molecule has 0 amide bonds. The second-order valence-electron chi connectivity index (χ2n) is 4.96. The zero-order chi connectivity index (χ0) is 12.3. The molecule has 0 spiro atoms. The normalized spacial score (nSPS) is 19.9. The van der Waals surface area contributed by atoms with Gasteiger partial charge in [-0.2, -0.15) is 0 Å². The van der Waals surface area contributed by atoms with Crippen LogP contribution in [0.15, 0.2) is 18.2 Å². The number of anilines is 2. The van der Waals surface area contributed by atoms with Crippen molar-refractivity contribution >= 4 is 11.4 Å². The standard InChI is InChI=1S/C14H22N2O/c1-11-8-12(15)10-14(9-11)16-6-2-4-13(16)5-3-7-17/h8-10,13,17H,2-7,15H2,1H3. The summed E-state index contributed by atoms with van der Waals surface area (Å²) in [6.07, 6.45) is 4.44. The van der Waals surface area contributed by atoms with E-state index in [1.807, 2.05) is 6.07 Å². The van der Waals surface area contributed by atoms with Gasteiger partial charge in [-0.25, -0.2) is 0 Å². The lowest BCUT2D eigenvalue weighted by Gasteiger charge is -2.27. The van der Waals surface area contributed by atoms with Gasteiger partial charge in [-0.05, 0) is 56.4 Å². The topological polar surface area (TPSA) is 49.5 Å². The second-order valence-corrected chi connectivity index (χ2v) is 4.96. The minimum Gasteiger partial charge on any atom is -0.399 e. The predicted octanol–water partition coefficient (Wildman–Crippen LogP) is 2.32. The van der Waals surface area contributed by atoms with Crippen LogP contribution in [-0.2, 0) is 0 Å². The molecule has 1 aromatic carbocycles. The molecule has 0 saturated carbocycles. The molecule has 1 heterocycles. The van der Waals surface area contributed by atoms with Gasteiger partial charge in [-0.15, -0.1) is 0 Å². The molecule has 3 N–H and O–H groups in total. The highest BCUT2D eigenvalue weighted by Gasteiger charge is 2.24. The Bertz CT molecular complexity index is 358. The number of aliphatic hydroxyl groups excluding tert-OH is 1. The molecule has 1 aliphatic rings. The largest absolute Gasteiger partial charge is 0.399 e. The van der Waals surface area contributed by atoms with Gasteiger partial charge in [0.15, 0.2) is 0 Å². The van der Waals surface area contributed by atoms with E-state index in [4.69, 9.17) is 10.8 Å². The maximum absolute atomic E-state index is 8.93. The van der Waals surface area contributed by atoms with Gasteiger partial charge < -0.3 is 15.7 Å². The Morgan fingerprint density at radius 1 is 1.41 bits per heavy atom. The van der Waals surface area contributed by atoms with Gasteiger partial charge >= 0.3 is 0 Å². The van der Waals surface area contributed by atoms with E-state index in [0.717, 1.165) is 25.1 Å². The third kappa shape index (κ3) is 2.91. The molecule has 1 aliphatic heterocycles. The fraction of sp³-hybridized carbons (Fsp3) is 0.571. The van der Waals surface area contributed by atoms with Crippen LogP contribution in [0.25, 0.3) is 0 Å². The van der Waals surface area contributed by atoms with Gasteiger partial charge in [-0.1, -0.05) is 0 Å². The van der Waals surface area contributed by atoms with Gasteiger partial charge in [-0.3, -0.25) is 0 Å². The molecule has 3 heteroatoms. The van der Waals surface area contributed by atoms with E-state index in [9.17, 15) is 0 Å². The van der Waals surface area contributed by atoms with Gasteiger partial charge in [0, 0.05) is 30.6 Å². The molecule has 17 heavy (non-hydrogen) atoms. The predicted molar refractivity (Wildman–Crippen MR) is 72.3 cm³/mol. The molecule has 1 aromatic rings. The highest BCUT2D eigenvalue weighted by atomic mass is 16.2. The van der Waals surface area contributed by atoms with Crippen molar-refractivity contribution in [2.75, 3.05) is 23.8 Å². The molecule has 2 rings (SSSR count). The number of benzene rings is 1. The fourth-order valence-electron chi connectivity index (χ4n) is 2.76. The molecule has 0 bridgehead atoms. The summed E-state index contributed by atoms with van der Waals surface area (Å²) in [6, 6.07) is 6.84. The first-order valence-corrected chi connectivity index (χ1v) is 6.45. The van der Waals surface area contributed by atoms with Crippen molar-refractivity contribution in [3.8, 4) is 0 Å². The summed E-state index contributed by atoms with van der Waals surface area (Å²) in [5.41, 5.74) is 9.20. The summed E-state index contributed by atoms with van der Waals surface area (Å²) < 4.78 is 0. The maximum Gasteiger partial charge on any atom is 0.0431 e. The van der Waals surface area contributed by atoms with Crippen LogP contribution in [0.2, 0.25) is 0 Å². The number of hydrogen-bond donors (Lipinski definition) is 2. The van der Waals surface area contributed by atoms with E-state index in [2.05, 4.69) is 24.0 Å². The van der Waals surface area contributed by atoms with Crippen LogP contribution in [0.1, 0.15) is 31.2 Å². The summed E-state index contributed by atoms with van der Waals surface area (Å²) in [4.78, 5) is 2.44. The SMILES string of the molecule is Cc1cc(N)cc(N2CCCC2CCCO)c1. The number of nitrogens with two attached hydrogens (primary N) is 1. The molecule has 1 fully saturated rings. The molecule has 1 saturated heterocycles. The van der Waals surface area contributed by atoms with E-state index in [0.29, 0.717) is 12.6 Å². The summed E-state index contributed by atoms with van der Waals surface area (Å²) in [6.45, 7) is 3.48. The van der Waals surface area contributed by atoms with Crippen LogP contribution in [0.4, 0.5) is 11.4 Å². The van der Waals surface area contributed by atoms with Crippen LogP contribution in [0.5, 0.6) is 0 Å². The third-order valence-electron chi connectivity index (χ3n) is 3.49. The number of rotatable bonds is 4. The zero-order valence-corrected chi connectivity index (χ0v) is 10.5. The van der Waals surface area contributed by atoms with Crippen molar-refractivity contribution in [1.29, 1.82) is 0 Å². The van der Waals surface area contributed by atoms with Crippen LogP contribution < -0.4 is 10.6 Å². The lowest BCUT2D eigenvalue weighted by atomic mass is 10.1. The van der Waals surface area contributed by atoms with Gasteiger partial charge in [0.05, 0.1) is 0 Å². The molecular weight excluding hydrogens is 212 g/mol. The molecule has 0 aliphatic carbocycles. The molecule has 94 valence electrons. The number of aryl methyl sites for hydroxylation is 1. The minimum atomic E-state index is 0.292. The Morgan fingerprint density at radius 2 is 2.24 bits per heavy atom. The number of nitrogens with zero attached hydrogens (tertiary/aromatic N) is 1. The lowest BCUT2D eigenvalue weighted by molar-refractivity contribution is 0.279. The Kier molecular flexibility index (Phi) is 3.89. The minimum absolute atomic E-state index is 0.292. The molecule has 1 atom stereocenters. The molecule has 1 unspecified atom stereocenters. The Morgan fingerprint density at radius 3 is 2.94 bits per heavy atom. The zero-order valence-electron chi connectivity index (χ0n) is 10.5. The highest BCUT2D eigenvalue weighted by molar-refractivity contribution is 5.59. The quantitative estimate of drug-likeness (QED) is 0.786. The Balaban J connectivity index is 2.14. The van der Waals surface area contributed by atoms with Crippen LogP contribution in [0, 0.1) is 6.92 Å². The van der Waals surface area contributed by atoms with Crippen LogP contribution in [-0.4, -0.2) is 24.3 Å². The number of aliphatic hydroxyl groups is 1.